The number of hydrogen-bond acceptors (Lipinski definition) is 1. The zero-order chi connectivity index (χ0) is 45.5. The third-order valence-electron chi connectivity index (χ3n) is 17.1. The third-order valence-corrected chi connectivity index (χ3v) is 19.3. The zero-order valence-electron chi connectivity index (χ0n) is 38.1. The van der Waals surface area contributed by atoms with Gasteiger partial charge in [-0.15, -0.1) is 0 Å². The maximum Gasteiger partial charge on any atom is 0.194 e. The minimum absolute atomic E-state index is 0.0356. The van der Waals surface area contributed by atoms with E-state index in [1.54, 1.807) is 0 Å². The van der Waals surface area contributed by atoms with E-state index in [0.29, 0.717) is 0 Å². The molecule has 0 amide bonds. The number of rotatable bonds is 2. The van der Waals surface area contributed by atoms with E-state index in [9.17, 15) is 0 Å². The molecule has 0 heterocycles. The van der Waals surface area contributed by atoms with Crippen LogP contribution in [0.3, 0.4) is 0 Å². The highest BCUT2D eigenvalue weighted by Crippen LogP contribution is 2.65. The Morgan fingerprint density at radius 2 is 0.667 bits per heavy atom. The van der Waals surface area contributed by atoms with Gasteiger partial charge in [-0.05, 0) is 159 Å². The van der Waals surface area contributed by atoms with Crippen LogP contribution in [0, 0.1) is 0 Å². The highest BCUT2D eigenvalue weighted by Gasteiger charge is 2.46. The van der Waals surface area contributed by atoms with Gasteiger partial charge in [0.15, 0.2) is 5.43 Å². The number of benzene rings is 11. The molecule has 0 atom stereocenters. The third kappa shape index (κ3) is 4.16. The van der Waals surface area contributed by atoms with Gasteiger partial charge < -0.3 is 0 Å². The Balaban J connectivity index is 1.27. The molecule has 1 nitrogen and oxygen atoms in total. The lowest BCUT2D eigenvalue weighted by Crippen LogP contribution is -2.40. The number of hydrogen-bond donors (Lipinski definition) is 0. The second-order valence-electron chi connectivity index (χ2n) is 21.2. The van der Waals surface area contributed by atoms with Crippen LogP contribution in [-0.2, 0) is 0 Å². The first kappa shape index (κ1) is 37.4. The molecule has 320 valence electrons. The molecule has 3 aliphatic carbocycles. The number of fused-ring (bicyclic) bond motifs is 17. The Morgan fingerprint density at radius 1 is 0.333 bits per heavy atom. The predicted octanol–water partition coefficient (Wildman–Crippen LogP) is 17.3. The van der Waals surface area contributed by atoms with E-state index in [0.717, 1.165) is 26.6 Å². The smallest absolute Gasteiger partial charge is 0.194 e. The van der Waals surface area contributed by atoms with Gasteiger partial charge in [0.2, 0.25) is 0 Å². The second-order valence-corrected chi connectivity index (χ2v) is 26.7. The fourth-order valence-corrected chi connectivity index (χ4v) is 17.1. The van der Waals surface area contributed by atoms with Gasteiger partial charge in [0.25, 0.3) is 0 Å². The fourth-order valence-electron chi connectivity index (χ4n) is 15.0. The molecule has 3 aliphatic rings. The lowest BCUT2D eigenvalue weighted by atomic mass is 9.58. The predicted molar refractivity (Wildman–Crippen MR) is 298 cm³/mol. The molecule has 0 aliphatic heterocycles. The maximum atomic E-state index is 15.4. The molecule has 0 fully saturated rings. The Bertz CT molecular complexity index is 4860. The van der Waals surface area contributed by atoms with Crippen molar-refractivity contribution in [3.63, 3.8) is 0 Å². The van der Waals surface area contributed by atoms with Gasteiger partial charge in [-0.2, -0.15) is 0 Å². The van der Waals surface area contributed by atoms with Gasteiger partial charge in [-0.25, -0.2) is 0 Å². The van der Waals surface area contributed by atoms with Gasteiger partial charge in [0, 0.05) is 38.4 Å². The van der Waals surface area contributed by atoms with Crippen molar-refractivity contribution in [3.05, 3.63) is 218 Å². The molecule has 0 saturated carbocycles. The van der Waals surface area contributed by atoms with E-state index in [1.807, 2.05) is 6.07 Å². The molecule has 2 bridgehead atoms. The van der Waals surface area contributed by atoms with Crippen molar-refractivity contribution in [1.29, 1.82) is 0 Å². The lowest BCUT2D eigenvalue weighted by molar-refractivity contribution is 0.764. The molecule has 69 heavy (non-hydrogen) atoms. The molecule has 0 aromatic heterocycles. The molecule has 0 spiro atoms. The van der Waals surface area contributed by atoms with E-state index in [2.05, 4.69) is 183 Å². The molecule has 18 rings (SSSR count). The van der Waals surface area contributed by atoms with E-state index < -0.39 is 8.07 Å². The SMILES string of the molecule is C[Si](C)(C)c1c2c(=O)c3ccccc3c2c2c3c4ccccc4c4c5c(-c6ccc(Cl)cc6)c6c(c7c8ccccc8c(c75)c(c5c7ccccc7c1c52)c43)C1c2ccccc2C6c2ccccc21. The first-order valence-electron chi connectivity index (χ1n) is 24.4. The summed E-state index contributed by atoms with van der Waals surface area (Å²) in [5, 5.41) is 29.5. The van der Waals surface area contributed by atoms with Crippen LogP contribution in [0.4, 0.5) is 0 Å². The van der Waals surface area contributed by atoms with Crippen LogP contribution in [-0.4, -0.2) is 8.07 Å². The van der Waals surface area contributed by atoms with Crippen LogP contribution in [0.2, 0.25) is 24.7 Å². The summed E-state index contributed by atoms with van der Waals surface area (Å²) >= 11 is 6.84. The highest BCUT2D eigenvalue weighted by atomic mass is 35.5. The second kappa shape index (κ2) is 12.3. The Labute approximate surface area is 402 Å². The summed E-state index contributed by atoms with van der Waals surface area (Å²) in [6.07, 6.45) is 0. The molecular formula is C66H39ClOSi. The van der Waals surface area contributed by atoms with Crippen molar-refractivity contribution in [2.24, 2.45) is 0 Å². The first-order valence-corrected chi connectivity index (χ1v) is 28.3. The van der Waals surface area contributed by atoms with E-state index in [4.69, 9.17) is 11.6 Å². The standard InChI is InChI=1S/C66H39ClOSi/c1-69(2,3)66-55-43-25-13-12-24-42(43)53-61-51-41-23-11-9-21-39(41)50-58-48-36-18-6-4-16-34(36)47(35-17-5-7-19-37(35)48)56(58)46(32-28-30-33(67)31-29-32)57(59(50)51)49-38-20-8-10-22-40(38)52(60(49)61)62(63(53)55)54-44-26-14-15-27-45(44)65(68)64(54)66/h4-31,47-48H,1-3H3. The minimum Gasteiger partial charge on any atom is -0.289 e. The van der Waals surface area contributed by atoms with Gasteiger partial charge in [-0.3, -0.25) is 4.79 Å². The monoisotopic (exact) mass is 910 g/mol. The van der Waals surface area contributed by atoms with Crippen molar-refractivity contribution in [1.82, 2.24) is 0 Å². The molecule has 0 N–H and O–H groups in total. The molecule has 15 aromatic rings. The summed E-state index contributed by atoms with van der Waals surface area (Å²) in [6, 6.07) is 63.4. The van der Waals surface area contributed by atoms with Crippen LogP contribution in [0.5, 0.6) is 0 Å². The van der Waals surface area contributed by atoms with Gasteiger partial charge >= 0.3 is 0 Å². The Kier molecular flexibility index (Phi) is 6.68. The average molecular weight is 912 g/mol. The summed E-state index contributed by atoms with van der Waals surface area (Å²) < 4.78 is 0. The summed E-state index contributed by atoms with van der Waals surface area (Å²) in [5.41, 5.74) is 11.2. The van der Waals surface area contributed by atoms with Crippen molar-refractivity contribution in [2.45, 2.75) is 31.5 Å². The number of halogens is 1. The van der Waals surface area contributed by atoms with Crippen LogP contribution in [0.15, 0.2) is 175 Å². The normalized spacial score (nSPS) is 15.9. The van der Waals surface area contributed by atoms with E-state index >= 15 is 4.79 Å². The summed E-state index contributed by atoms with van der Waals surface area (Å²) in [7, 11) is -2.22. The Hall–Kier alpha value is -7.62. The van der Waals surface area contributed by atoms with Crippen LogP contribution >= 0.6 is 11.6 Å². The topological polar surface area (TPSA) is 17.1 Å². The fraction of sp³-hybridized carbons (Fsp3) is 0.0758. The maximum absolute atomic E-state index is 15.4. The first-order chi connectivity index (χ1) is 33.8. The quantitative estimate of drug-likeness (QED) is 0.125. The molecule has 0 unspecified atom stereocenters. The van der Waals surface area contributed by atoms with E-state index in [-0.39, 0.29) is 17.3 Å². The molecule has 0 saturated heterocycles. The van der Waals surface area contributed by atoms with E-state index in [1.165, 1.54) is 147 Å². The molecular weight excluding hydrogens is 872 g/mol. The zero-order valence-corrected chi connectivity index (χ0v) is 39.9. The summed E-state index contributed by atoms with van der Waals surface area (Å²) in [5.74, 6) is 0.0981. The summed E-state index contributed by atoms with van der Waals surface area (Å²) in [6.45, 7) is 7.32. The highest BCUT2D eigenvalue weighted by molar-refractivity contribution is 6.93. The summed E-state index contributed by atoms with van der Waals surface area (Å²) in [4.78, 5) is 15.4. The molecule has 0 radical (unpaired) electrons. The van der Waals surface area contributed by atoms with Crippen molar-refractivity contribution in [3.8, 4) is 11.1 Å². The largest absolute Gasteiger partial charge is 0.289 e. The van der Waals surface area contributed by atoms with Crippen LogP contribution in [0.25, 0.3) is 130 Å². The lowest BCUT2D eigenvalue weighted by Gasteiger charge is -2.44. The van der Waals surface area contributed by atoms with Gasteiger partial charge in [-0.1, -0.05) is 189 Å². The van der Waals surface area contributed by atoms with Crippen molar-refractivity contribution in [2.75, 3.05) is 0 Å². The minimum atomic E-state index is -2.22. The average Bonchev–Trinajstić information content (AvgIpc) is 4.10. The molecule has 15 aromatic carbocycles. The van der Waals surface area contributed by atoms with Gasteiger partial charge in [0.05, 0.1) is 8.07 Å². The van der Waals surface area contributed by atoms with Crippen molar-refractivity contribution < 1.29 is 0 Å². The van der Waals surface area contributed by atoms with Crippen LogP contribution < -0.4 is 10.6 Å². The van der Waals surface area contributed by atoms with Crippen LogP contribution in [0.1, 0.15) is 45.2 Å². The molecule has 3 heteroatoms. The Morgan fingerprint density at radius 3 is 1.13 bits per heavy atom. The van der Waals surface area contributed by atoms with Crippen molar-refractivity contribution >= 4 is 143 Å². The van der Waals surface area contributed by atoms with Gasteiger partial charge in [0.1, 0.15) is 0 Å².